The van der Waals surface area contributed by atoms with E-state index in [1.807, 2.05) is 64.5 Å². The first kappa shape index (κ1) is 21.0. The molecule has 0 unspecified atom stereocenters. The lowest BCUT2D eigenvalue weighted by atomic mass is 10.2. The van der Waals surface area contributed by atoms with Gasteiger partial charge in [-0.25, -0.2) is 4.98 Å². The topological polar surface area (TPSA) is 103 Å². The van der Waals surface area contributed by atoms with Crippen LogP contribution in [-0.4, -0.2) is 35.6 Å². The van der Waals surface area contributed by atoms with Crippen molar-refractivity contribution in [1.82, 2.24) is 24.7 Å². The number of para-hydroxylation sites is 2. The van der Waals surface area contributed by atoms with Crippen LogP contribution in [0.5, 0.6) is 0 Å². The second-order valence-electron chi connectivity index (χ2n) is 7.18. The van der Waals surface area contributed by atoms with E-state index in [9.17, 15) is 10.4 Å². The summed E-state index contributed by atoms with van der Waals surface area (Å²) in [6, 6.07) is 23.7. The van der Waals surface area contributed by atoms with Crippen molar-refractivity contribution in [3.8, 4) is 16.8 Å². The van der Waals surface area contributed by atoms with Gasteiger partial charge in [-0.15, -0.1) is 21.5 Å². The largest absolute Gasteiger partial charge is 0.510 e. The van der Waals surface area contributed by atoms with Gasteiger partial charge < -0.3 is 10.1 Å². The number of fused-ring (bicyclic) bond motifs is 1. The van der Waals surface area contributed by atoms with Crippen LogP contribution in [0.15, 0.2) is 83.0 Å². The molecule has 9 heteroatoms. The average Bonchev–Trinajstić information content (AvgIpc) is 3.59. The third kappa shape index (κ3) is 4.39. The van der Waals surface area contributed by atoms with Gasteiger partial charge in [-0.2, -0.15) is 5.26 Å². The number of aliphatic hydroxyl groups is 1. The minimum absolute atomic E-state index is 0.0616. The van der Waals surface area contributed by atoms with Crippen LogP contribution in [-0.2, 0) is 6.54 Å². The van der Waals surface area contributed by atoms with Gasteiger partial charge in [0.15, 0.2) is 16.8 Å². The maximum atomic E-state index is 10.7. The fourth-order valence-corrected chi connectivity index (χ4v) is 4.96. The molecule has 0 aliphatic rings. The monoisotopic (exact) mass is 470 g/mol. The molecule has 33 heavy (non-hydrogen) atoms. The van der Waals surface area contributed by atoms with Crippen molar-refractivity contribution in [2.24, 2.45) is 0 Å². The van der Waals surface area contributed by atoms with E-state index in [1.54, 1.807) is 11.3 Å². The van der Waals surface area contributed by atoms with Gasteiger partial charge in [-0.1, -0.05) is 60.3 Å². The van der Waals surface area contributed by atoms with Crippen LogP contribution in [0, 0.1) is 11.3 Å². The van der Waals surface area contributed by atoms with Gasteiger partial charge in [-0.05, 0) is 29.1 Å². The highest BCUT2D eigenvalue weighted by atomic mass is 32.2. The van der Waals surface area contributed by atoms with Crippen molar-refractivity contribution in [1.29, 1.82) is 5.26 Å². The number of nitrogens with one attached hydrogen (secondary N) is 1. The zero-order valence-electron chi connectivity index (χ0n) is 17.3. The standard InChI is InChI=1S/C24H18N6OS2/c25-13-17(22-26-18-9-4-5-10-19(18)27-22)20(31)15-33-24-29-28-23(21-11-6-12-32-21)30(24)14-16-7-2-1-3-8-16/h1-12,31H,14-15H2,(H,26,27). The van der Waals surface area contributed by atoms with Gasteiger partial charge >= 0.3 is 0 Å². The third-order valence-corrected chi connectivity index (χ3v) is 6.85. The summed E-state index contributed by atoms with van der Waals surface area (Å²) in [7, 11) is 0. The zero-order valence-corrected chi connectivity index (χ0v) is 19.0. The Bertz CT molecular complexity index is 1430. The van der Waals surface area contributed by atoms with Crippen LogP contribution in [0.2, 0.25) is 0 Å². The Kier molecular flexibility index (Phi) is 5.93. The minimum Gasteiger partial charge on any atom is -0.510 e. The van der Waals surface area contributed by atoms with Gasteiger partial charge in [0.05, 0.1) is 28.2 Å². The van der Waals surface area contributed by atoms with Crippen molar-refractivity contribution in [3.63, 3.8) is 0 Å². The highest BCUT2D eigenvalue weighted by molar-refractivity contribution is 7.99. The SMILES string of the molecule is N#CC(=C(O)CSc1nnc(-c2cccs2)n1Cc1ccccc1)c1nc2ccccc2[nH]1. The molecule has 0 saturated carbocycles. The van der Waals surface area contributed by atoms with Gasteiger partial charge in [0.1, 0.15) is 17.4 Å². The molecule has 3 aromatic heterocycles. The molecule has 2 aromatic carbocycles. The molecule has 0 bridgehead atoms. The first-order chi connectivity index (χ1) is 16.2. The average molecular weight is 471 g/mol. The molecule has 5 aromatic rings. The van der Waals surface area contributed by atoms with E-state index in [2.05, 4.69) is 38.4 Å². The molecular weight excluding hydrogens is 452 g/mol. The Morgan fingerprint density at radius 3 is 2.64 bits per heavy atom. The fourth-order valence-electron chi connectivity index (χ4n) is 3.42. The predicted octanol–water partition coefficient (Wildman–Crippen LogP) is 5.52. The molecule has 0 aliphatic carbocycles. The molecule has 0 radical (unpaired) electrons. The number of benzene rings is 2. The van der Waals surface area contributed by atoms with Crippen LogP contribution in [0.3, 0.4) is 0 Å². The summed E-state index contributed by atoms with van der Waals surface area (Å²) in [5, 5.41) is 31.9. The van der Waals surface area contributed by atoms with Crippen LogP contribution in [0.4, 0.5) is 0 Å². The summed E-state index contributed by atoms with van der Waals surface area (Å²) >= 11 is 2.93. The Morgan fingerprint density at radius 1 is 1.06 bits per heavy atom. The predicted molar refractivity (Wildman–Crippen MR) is 131 cm³/mol. The fraction of sp³-hybridized carbons (Fsp3) is 0.0833. The number of hydrogen-bond donors (Lipinski definition) is 2. The second-order valence-corrected chi connectivity index (χ2v) is 9.07. The van der Waals surface area contributed by atoms with Gasteiger partial charge in [0, 0.05) is 0 Å². The summed E-state index contributed by atoms with van der Waals surface area (Å²) in [4.78, 5) is 8.55. The molecule has 0 spiro atoms. The molecule has 2 N–H and O–H groups in total. The second kappa shape index (κ2) is 9.32. The first-order valence-corrected chi connectivity index (χ1v) is 12.0. The molecule has 3 heterocycles. The number of thioether (sulfide) groups is 1. The van der Waals surface area contributed by atoms with Crippen molar-refractivity contribution in [2.75, 3.05) is 5.75 Å². The highest BCUT2D eigenvalue weighted by Gasteiger charge is 2.18. The molecule has 0 fully saturated rings. The third-order valence-electron chi connectivity index (χ3n) is 5.01. The number of nitrogens with zero attached hydrogens (tertiary/aromatic N) is 5. The first-order valence-electron chi connectivity index (χ1n) is 10.1. The number of nitriles is 1. The summed E-state index contributed by atoms with van der Waals surface area (Å²) in [5.74, 6) is 1.23. The van der Waals surface area contributed by atoms with Crippen LogP contribution < -0.4 is 0 Å². The Hall–Kier alpha value is -3.87. The summed E-state index contributed by atoms with van der Waals surface area (Å²) in [6.45, 7) is 0.600. The Balaban J connectivity index is 1.44. The van der Waals surface area contributed by atoms with E-state index in [0.717, 1.165) is 27.3 Å². The van der Waals surface area contributed by atoms with Crippen molar-refractivity contribution >= 4 is 39.7 Å². The maximum Gasteiger partial charge on any atom is 0.192 e. The van der Waals surface area contributed by atoms with Gasteiger partial charge in [0.2, 0.25) is 0 Å². The van der Waals surface area contributed by atoms with E-state index in [1.165, 1.54) is 11.8 Å². The van der Waals surface area contributed by atoms with Crippen molar-refractivity contribution in [3.05, 3.63) is 89.3 Å². The van der Waals surface area contributed by atoms with Crippen molar-refractivity contribution in [2.45, 2.75) is 11.7 Å². The summed E-state index contributed by atoms with van der Waals surface area (Å²) in [6.07, 6.45) is 0. The van der Waals surface area contributed by atoms with Crippen LogP contribution in [0.25, 0.3) is 27.3 Å². The molecular formula is C24H18N6OS2. The molecule has 0 aliphatic heterocycles. The molecule has 5 rings (SSSR count). The number of allylic oxidation sites excluding steroid dienone is 1. The smallest absolute Gasteiger partial charge is 0.192 e. The van der Waals surface area contributed by atoms with Crippen LogP contribution in [0.1, 0.15) is 11.4 Å². The molecule has 0 saturated heterocycles. The number of thiophene rings is 1. The molecule has 7 nitrogen and oxygen atoms in total. The van der Waals surface area contributed by atoms with E-state index in [0.29, 0.717) is 17.5 Å². The molecule has 162 valence electrons. The number of aliphatic hydroxyl groups excluding tert-OH is 1. The quantitative estimate of drug-likeness (QED) is 0.184. The highest BCUT2D eigenvalue weighted by Crippen LogP contribution is 2.30. The number of H-pyrrole nitrogens is 1. The zero-order chi connectivity index (χ0) is 22.6. The summed E-state index contributed by atoms with van der Waals surface area (Å²) < 4.78 is 2.03. The number of aromatic amines is 1. The van der Waals surface area contributed by atoms with Crippen LogP contribution >= 0.6 is 23.1 Å². The number of imidazole rings is 1. The minimum atomic E-state index is -0.0616. The van der Waals surface area contributed by atoms with E-state index >= 15 is 0 Å². The van der Waals surface area contributed by atoms with Gasteiger partial charge in [-0.3, -0.25) is 4.57 Å². The molecule has 0 amide bonds. The lowest BCUT2D eigenvalue weighted by Gasteiger charge is -2.10. The lowest BCUT2D eigenvalue weighted by Crippen LogP contribution is -2.04. The van der Waals surface area contributed by atoms with E-state index in [-0.39, 0.29) is 17.1 Å². The van der Waals surface area contributed by atoms with E-state index in [4.69, 9.17) is 0 Å². The summed E-state index contributed by atoms with van der Waals surface area (Å²) in [5.41, 5.74) is 2.79. The lowest BCUT2D eigenvalue weighted by molar-refractivity contribution is 0.420. The number of hydrogen-bond acceptors (Lipinski definition) is 7. The maximum absolute atomic E-state index is 10.7. The number of rotatable bonds is 7. The Labute approximate surface area is 198 Å². The van der Waals surface area contributed by atoms with E-state index < -0.39 is 0 Å². The van der Waals surface area contributed by atoms with Gasteiger partial charge in [0.25, 0.3) is 0 Å². The normalized spacial score (nSPS) is 12.0. The Morgan fingerprint density at radius 2 is 1.88 bits per heavy atom. The van der Waals surface area contributed by atoms with Crippen molar-refractivity contribution < 1.29 is 5.11 Å². The molecule has 0 atom stereocenters. The number of aromatic nitrogens is 5.